The summed E-state index contributed by atoms with van der Waals surface area (Å²) in [4.78, 5) is 0. The molecule has 3 N–H and O–H groups in total. The van der Waals surface area contributed by atoms with E-state index in [1.54, 1.807) is 25.3 Å². The second-order valence-electron chi connectivity index (χ2n) is 7.46. The van der Waals surface area contributed by atoms with Crippen molar-refractivity contribution in [3.8, 4) is 23.0 Å². The van der Waals surface area contributed by atoms with Gasteiger partial charge in [0.25, 0.3) is 0 Å². The van der Waals surface area contributed by atoms with Gasteiger partial charge in [-0.3, -0.25) is 5.32 Å². The third-order valence-corrected chi connectivity index (χ3v) is 6.22. The fourth-order valence-electron chi connectivity index (χ4n) is 3.94. The third kappa shape index (κ3) is 3.99. The Bertz CT molecular complexity index is 1220. The van der Waals surface area contributed by atoms with Crippen molar-refractivity contribution in [1.82, 2.24) is 10.6 Å². The van der Waals surface area contributed by atoms with Gasteiger partial charge in [-0.15, -0.1) is 0 Å². The molecule has 0 saturated heterocycles. The molecule has 0 amide bonds. The van der Waals surface area contributed by atoms with Crippen LogP contribution in [-0.2, 0) is 0 Å². The molecule has 0 radical (unpaired) electrons. The highest BCUT2D eigenvalue weighted by atomic mass is 79.9. The van der Waals surface area contributed by atoms with E-state index in [1.807, 2.05) is 42.5 Å². The molecule has 0 spiro atoms. The maximum atomic E-state index is 10.6. The molecule has 2 unspecified atom stereocenters. The van der Waals surface area contributed by atoms with E-state index < -0.39 is 0 Å². The van der Waals surface area contributed by atoms with Crippen molar-refractivity contribution in [3.63, 3.8) is 0 Å². The van der Waals surface area contributed by atoms with Crippen LogP contribution in [0.25, 0.3) is 5.70 Å². The number of ether oxygens (including phenoxy) is 3. The molecule has 0 fully saturated rings. The summed E-state index contributed by atoms with van der Waals surface area (Å²) in [6, 6.07) is 16.4. The number of benzene rings is 3. The monoisotopic (exact) mass is 514 g/mol. The number of nitrogens with one attached hydrogen (secondary N) is 2. The molecule has 2 atom stereocenters. The van der Waals surface area contributed by atoms with E-state index in [0.29, 0.717) is 16.3 Å². The Morgan fingerprint density at radius 1 is 1.03 bits per heavy atom. The molecular weight excluding hydrogens is 496 g/mol. The minimum absolute atomic E-state index is 0.162. The quantitative estimate of drug-likeness (QED) is 0.425. The van der Waals surface area contributed by atoms with Crippen molar-refractivity contribution in [1.29, 1.82) is 0 Å². The summed E-state index contributed by atoms with van der Waals surface area (Å²) in [5, 5.41) is 18.2. The minimum Gasteiger partial charge on any atom is -0.508 e. The van der Waals surface area contributed by atoms with E-state index in [4.69, 9.17) is 25.8 Å². The molecule has 2 aliphatic heterocycles. The standard InChI is InChI=1S/C24H20BrClN2O4/c1-30-21-7-3-14(25)9-17(21)24-27-18(13-2-6-22-23(8-13)32-12-31-22)11-19(28-24)16-10-15(26)4-5-20(16)29/h2-11,19,24,27-29H,12H2,1H3. The van der Waals surface area contributed by atoms with Crippen molar-refractivity contribution in [2.45, 2.75) is 12.2 Å². The van der Waals surface area contributed by atoms with Crippen LogP contribution in [0.15, 0.2) is 65.1 Å². The van der Waals surface area contributed by atoms with Gasteiger partial charge in [-0.2, -0.15) is 0 Å². The summed E-state index contributed by atoms with van der Waals surface area (Å²) in [6.07, 6.45) is 1.71. The Kier molecular flexibility index (Phi) is 5.63. The SMILES string of the molecule is COc1ccc(Br)cc1C1NC(c2ccc3c(c2)OCO3)=CC(c2cc(Cl)ccc2O)N1. The van der Waals surface area contributed by atoms with Crippen molar-refractivity contribution in [2.75, 3.05) is 13.9 Å². The van der Waals surface area contributed by atoms with Crippen molar-refractivity contribution in [3.05, 3.63) is 86.9 Å². The average Bonchev–Trinajstić information content (AvgIpc) is 3.28. The second kappa shape index (κ2) is 8.58. The van der Waals surface area contributed by atoms with Gasteiger partial charge in [-0.1, -0.05) is 27.5 Å². The van der Waals surface area contributed by atoms with Gasteiger partial charge in [-0.25, -0.2) is 0 Å². The Morgan fingerprint density at radius 2 is 1.88 bits per heavy atom. The van der Waals surface area contributed by atoms with Crippen molar-refractivity contribution < 1.29 is 19.3 Å². The summed E-state index contributed by atoms with van der Waals surface area (Å²) in [6.45, 7) is 0.212. The molecule has 6 nitrogen and oxygen atoms in total. The first-order valence-corrected chi connectivity index (χ1v) is 11.1. The number of rotatable bonds is 4. The van der Waals surface area contributed by atoms with Gasteiger partial charge in [0.1, 0.15) is 17.7 Å². The first-order valence-electron chi connectivity index (χ1n) is 9.98. The van der Waals surface area contributed by atoms with E-state index in [-0.39, 0.29) is 24.8 Å². The zero-order valence-corrected chi connectivity index (χ0v) is 19.4. The third-order valence-electron chi connectivity index (χ3n) is 5.49. The zero-order chi connectivity index (χ0) is 22.2. The van der Waals surface area contributed by atoms with Gasteiger partial charge < -0.3 is 24.6 Å². The van der Waals surface area contributed by atoms with Gasteiger partial charge >= 0.3 is 0 Å². The normalized spacial score (nSPS) is 19.3. The van der Waals surface area contributed by atoms with Gasteiger partial charge in [0.05, 0.1) is 13.2 Å². The average molecular weight is 516 g/mol. The molecule has 2 aliphatic rings. The number of fused-ring (bicyclic) bond motifs is 1. The summed E-state index contributed by atoms with van der Waals surface area (Å²) in [7, 11) is 1.64. The van der Waals surface area contributed by atoms with Crippen LogP contribution in [0.4, 0.5) is 0 Å². The number of phenolic OH excluding ortho intramolecular Hbond substituents is 1. The molecule has 0 saturated carbocycles. The lowest BCUT2D eigenvalue weighted by atomic mass is 9.97. The number of phenols is 1. The molecule has 2 heterocycles. The van der Waals surface area contributed by atoms with Crippen LogP contribution in [0.3, 0.4) is 0 Å². The Labute approximate surface area is 198 Å². The molecule has 5 rings (SSSR count). The van der Waals surface area contributed by atoms with Gasteiger partial charge in [0.2, 0.25) is 6.79 Å². The number of methoxy groups -OCH3 is 1. The largest absolute Gasteiger partial charge is 0.508 e. The van der Waals surface area contributed by atoms with Gasteiger partial charge in [-0.05, 0) is 60.7 Å². The second-order valence-corrected chi connectivity index (χ2v) is 8.81. The van der Waals surface area contributed by atoms with Crippen molar-refractivity contribution >= 4 is 33.2 Å². The Hall–Kier alpha value is -2.87. The fourth-order valence-corrected chi connectivity index (χ4v) is 4.49. The molecule has 32 heavy (non-hydrogen) atoms. The fraction of sp³-hybridized carbons (Fsp3) is 0.167. The summed E-state index contributed by atoms with van der Waals surface area (Å²) in [5.74, 6) is 2.31. The number of aromatic hydroxyl groups is 1. The van der Waals surface area contributed by atoms with Crippen LogP contribution >= 0.6 is 27.5 Å². The van der Waals surface area contributed by atoms with Crippen LogP contribution in [0.1, 0.15) is 28.9 Å². The Morgan fingerprint density at radius 3 is 2.72 bits per heavy atom. The van der Waals surface area contributed by atoms with Crippen LogP contribution in [0, 0.1) is 0 Å². The maximum Gasteiger partial charge on any atom is 0.231 e. The lowest BCUT2D eigenvalue weighted by Crippen LogP contribution is -2.39. The Balaban J connectivity index is 1.60. The van der Waals surface area contributed by atoms with Crippen LogP contribution < -0.4 is 24.8 Å². The summed E-state index contributed by atoms with van der Waals surface area (Å²) < 4.78 is 17.6. The summed E-state index contributed by atoms with van der Waals surface area (Å²) >= 11 is 9.80. The number of hydrogen-bond acceptors (Lipinski definition) is 6. The van der Waals surface area contributed by atoms with E-state index in [2.05, 4.69) is 26.6 Å². The van der Waals surface area contributed by atoms with Gasteiger partial charge in [0, 0.05) is 31.9 Å². The van der Waals surface area contributed by atoms with Crippen LogP contribution in [0.5, 0.6) is 23.0 Å². The smallest absolute Gasteiger partial charge is 0.231 e. The highest BCUT2D eigenvalue weighted by molar-refractivity contribution is 9.10. The maximum absolute atomic E-state index is 10.6. The van der Waals surface area contributed by atoms with E-state index >= 15 is 0 Å². The minimum atomic E-state index is -0.316. The van der Waals surface area contributed by atoms with Gasteiger partial charge in [0.15, 0.2) is 11.5 Å². The molecular formula is C24H20BrClN2O4. The lowest BCUT2D eigenvalue weighted by molar-refractivity contribution is 0.174. The first-order chi connectivity index (χ1) is 15.5. The molecule has 3 aromatic rings. The molecule has 0 aromatic heterocycles. The first kappa shape index (κ1) is 21.0. The number of hydrogen-bond donors (Lipinski definition) is 3. The predicted molar refractivity (Wildman–Crippen MR) is 126 cm³/mol. The topological polar surface area (TPSA) is 72.0 Å². The predicted octanol–water partition coefficient (Wildman–Crippen LogP) is 5.52. The lowest BCUT2D eigenvalue weighted by Gasteiger charge is -2.34. The molecule has 0 aliphatic carbocycles. The van der Waals surface area contributed by atoms with E-state index in [9.17, 15) is 5.11 Å². The van der Waals surface area contributed by atoms with Crippen molar-refractivity contribution in [2.24, 2.45) is 0 Å². The molecule has 0 bridgehead atoms. The highest BCUT2D eigenvalue weighted by Gasteiger charge is 2.28. The van der Waals surface area contributed by atoms with E-state index in [1.165, 1.54) is 0 Å². The molecule has 3 aromatic carbocycles. The molecule has 164 valence electrons. The molecule has 8 heteroatoms. The highest BCUT2D eigenvalue weighted by Crippen LogP contribution is 2.39. The number of halogens is 2. The van der Waals surface area contributed by atoms with Crippen LogP contribution in [0.2, 0.25) is 5.02 Å². The zero-order valence-electron chi connectivity index (χ0n) is 17.1. The van der Waals surface area contributed by atoms with Crippen LogP contribution in [-0.4, -0.2) is 19.0 Å². The van der Waals surface area contributed by atoms with E-state index in [0.717, 1.165) is 32.8 Å². The summed E-state index contributed by atoms with van der Waals surface area (Å²) in [5.41, 5.74) is 3.40.